The van der Waals surface area contributed by atoms with E-state index in [4.69, 9.17) is 5.11 Å². The zero-order valence-corrected chi connectivity index (χ0v) is 9.60. The van der Waals surface area contributed by atoms with Crippen LogP contribution in [0.4, 0.5) is 10.1 Å². The van der Waals surface area contributed by atoms with Crippen molar-refractivity contribution < 1.29 is 14.3 Å². The molecule has 17 heavy (non-hydrogen) atoms. The zero-order chi connectivity index (χ0) is 12.3. The molecule has 4 heteroatoms. The van der Waals surface area contributed by atoms with Crippen LogP contribution in [0.15, 0.2) is 30.3 Å². The molecule has 0 bridgehead atoms. The van der Waals surface area contributed by atoms with Gasteiger partial charge in [-0.05, 0) is 25.0 Å². The monoisotopic (exact) mass is 237 g/mol. The molecule has 0 unspecified atom stereocenters. The molecule has 1 aromatic rings. The quantitative estimate of drug-likeness (QED) is 0.877. The molecule has 1 saturated heterocycles. The number of carboxylic acid groups (broad SMARTS) is 1. The maximum absolute atomic E-state index is 12.9. The molecule has 0 saturated carbocycles. The lowest BCUT2D eigenvalue weighted by Crippen LogP contribution is -2.45. The molecule has 0 spiro atoms. The molecule has 2 rings (SSSR count). The van der Waals surface area contributed by atoms with Crippen molar-refractivity contribution in [1.29, 1.82) is 0 Å². The van der Waals surface area contributed by atoms with Gasteiger partial charge in [0.2, 0.25) is 0 Å². The first-order chi connectivity index (χ1) is 8.18. The van der Waals surface area contributed by atoms with Crippen LogP contribution in [0.2, 0.25) is 0 Å². The molecule has 1 fully saturated rings. The summed E-state index contributed by atoms with van der Waals surface area (Å²) in [4.78, 5) is 13.2. The normalized spacial score (nSPS) is 19.0. The number of rotatable bonds is 3. The van der Waals surface area contributed by atoms with Crippen LogP contribution >= 0.6 is 0 Å². The van der Waals surface area contributed by atoms with E-state index >= 15 is 0 Å². The van der Waals surface area contributed by atoms with Gasteiger partial charge >= 0.3 is 5.97 Å². The molecule has 1 aliphatic rings. The van der Waals surface area contributed by atoms with Gasteiger partial charge in [-0.25, -0.2) is 4.39 Å². The summed E-state index contributed by atoms with van der Waals surface area (Å²) < 4.78 is 12.9. The Bertz CT molecular complexity index is 386. The number of piperidine rings is 1. The van der Waals surface area contributed by atoms with Gasteiger partial charge in [-0.2, -0.15) is 0 Å². The van der Waals surface area contributed by atoms with E-state index in [9.17, 15) is 9.18 Å². The summed E-state index contributed by atoms with van der Waals surface area (Å²) in [6.07, 6.45) is 0.738. The van der Waals surface area contributed by atoms with Crippen molar-refractivity contribution in [2.45, 2.75) is 12.8 Å². The van der Waals surface area contributed by atoms with Crippen LogP contribution in [-0.4, -0.2) is 30.8 Å². The summed E-state index contributed by atoms with van der Waals surface area (Å²) in [5.74, 6) is -1.01. The molecular formula is C13H16FNO2. The third kappa shape index (κ3) is 2.25. The average molecular weight is 237 g/mol. The van der Waals surface area contributed by atoms with Crippen molar-refractivity contribution in [3.63, 3.8) is 0 Å². The third-order valence-corrected chi connectivity index (χ3v) is 3.55. The Balaban J connectivity index is 2.05. The van der Waals surface area contributed by atoms with Crippen LogP contribution in [0.5, 0.6) is 0 Å². The maximum atomic E-state index is 12.9. The summed E-state index contributed by atoms with van der Waals surface area (Å²) in [6, 6.07) is 9.82. The van der Waals surface area contributed by atoms with Gasteiger partial charge in [0.1, 0.15) is 6.67 Å². The highest BCUT2D eigenvalue weighted by Crippen LogP contribution is 2.34. The predicted molar refractivity (Wildman–Crippen MR) is 63.9 cm³/mol. The van der Waals surface area contributed by atoms with E-state index in [0.29, 0.717) is 25.9 Å². The molecule has 0 aliphatic carbocycles. The van der Waals surface area contributed by atoms with Crippen molar-refractivity contribution in [2.75, 3.05) is 24.7 Å². The van der Waals surface area contributed by atoms with Crippen LogP contribution in [0.1, 0.15) is 12.8 Å². The standard InChI is InChI=1S/C13H16FNO2/c14-10-13(12(16)17)6-8-15(9-7-13)11-4-2-1-3-5-11/h1-5H,6-10H2,(H,16,17). The Morgan fingerprint density at radius 1 is 1.29 bits per heavy atom. The summed E-state index contributed by atoms with van der Waals surface area (Å²) in [5.41, 5.74) is -0.0870. The molecule has 1 N–H and O–H groups in total. The second kappa shape index (κ2) is 4.73. The van der Waals surface area contributed by atoms with Gasteiger partial charge in [0, 0.05) is 18.8 Å². The van der Waals surface area contributed by atoms with E-state index in [1.165, 1.54) is 0 Å². The van der Waals surface area contributed by atoms with Crippen molar-refractivity contribution in [3.05, 3.63) is 30.3 Å². The number of nitrogens with zero attached hydrogens (tertiary/aromatic N) is 1. The van der Waals surface area contributed by atoms with Gasteiger partial charge < -0.3 is 10.0 Å². The Hall–Kier alpha value is -1.58. The smallest absolute Gasteiger partial charge is 0.312 e. The number of anilines is 1. The minimum absolute atomic E-state index is 0.369. The number of para-hydroxylation sites is 1. The number of carbonyl (C=O) groups is 1. The topological polar surface area (TPSA) is 40.5 Å². The van der Waals surface area contributed by atoms with E-state index in [0.717, 1.165) is 5.69 Å². The number of halogens is 1. The second-order valence-electron chi connectivity index (χ2n) is 4.54. The van der Waals surface area contributed by atoms with E-state index in [2.05, 4.69) is 4.90 Å². The Morgan fingerprint density at radius 3 is 2.35 bits per heavy atom. The van der Waals surface area contributed by atoms with E-state index in [1.54, 1.807) is 0 Å². The lowest BCUT2D eigenvalue weighted by atomic mass is 9.79. The Labute approximate surface area is 99.9 Å². The fraction of sp³-hybridized carbons (Fsp3) is 0.462. The van der Waals surface area contributed by atoms with Gasteiger partial charge in [0.15, 0.2) is 0 Å². The zero-order valence-electron chi connectivity index (χ0n) is 9.60. The Morgan fingerprint density at radius 2 is 1.88 bits per heavy atom. The van der Waals surface area contributed by atoms with Gasteiger partial charge in [0.05, 0.1) is 5.41 Å². The number of carboxylic acids is 1. The van der Waals surface area contributed by atoms with Crippen molar-refractivity contribution in [2.24, 2.45) is 5.41 Å². The highest BCUT2D eigenvalue weighted by molar-refractivity contribution is 5.75. The van der Waals surface area contributed by atoms with E-state index < -0.39 is 18.1 Å². The highest BCUT2D eigenvalue weighted by atomic mass is 19.1. The molecule has 1 heterocycles. The number of benzene rings is 1. The number of alkyl halides is 1. The first-order valence-corrected chi connectivity index (χ1v) is 5.77. The fourth-order valence-electron chi connectivity index (χ4n) is 2.24. The Kier molecular flexibility index (Phi) is 3.31. The summed E-state index contributed by atoms with van der Waals surface area (Å²) in [6.45, 7) is 0.422. The van der Waals surface area contributed by atoms with Crippen molar-refractivity contribution in [1.82, 2.24) is 0 Å². The van der Waals surface area contributed by atoms with Crippen LogP contribution in [0, 0.1) is 5.41 Å². The highest BCUT2D eigenvalue weighted by Gasteiger charge is 2.41. The maximum Gasteiger partial charge on any atom is 0.312 e. The molecule has 1 aromatic carbocycles. The first kappa shape index (κ1) is 11.9. The summed E-state index contributed by atoms with van der Waals surface area (Å²) in [7, 11) is 0. The van der Waals surface area contributed by atoms with E-state index in [1.807, 2.05) is 30.3 Å². The third-order valence-electron chi connectivity index (χ3n) is 3.55. The van der Waals surface area contributed by atoms with Crippen molar-refractivity contribution in [3.8, 4) is 0 Å². The predicted octanol–water partition coefficient (Wildman–Crippen LogP) is 2.33. The number of hydrogen-bond donors (Lipinski definition) is 1. The molecule has 0 aromatic heterocycles. The molecule has 1 aliphatic heterocycles. The molecular weight excluding hydrogens is 221 g/mol. The van der Waals surface area contributed by atoms with E-state index in [-0.39, 0.29) is 0 Å². The van der Waals surface area contributed by atoms with Gasteiger partial charge in [-0.3, -0.25) is 4.79 Å². The van der Waals surface area contributed by atoms with Crippen LogP contribution in [0.3, 0.4) is 0 Å². The van der Waals surface area contributed by atoms with Gasteiger partial charge in [-0.15, -0.1) is 0 Å². The van der Waals surface area contributed by atoms with Gasteiger partial charge in [0.25, 0.3) is 0 Å². The number of aliphatic carboxylic acids is 1. The molecule has 92 valence electrons. The molecule has 3 nitrogen and oxygen atoms in total. The molecule has 0 amide bonds. The average Bonchev–Trinajstić information content (AvgIpc) is 2.39. The molecule has 0 radical (unpaired) electrons. The largest absolute Gasteiger partial charge is 0.481 e. The minimum atomic E-state index is -1.16. The SMILES string of the molecule is O=C(O)C1(CF)CCN(c2ccccc2)CC1. The molecule has 0 atom stereocenters. The van der Waals surface area contributed by atoms with Gasteiger partial charge in [-0.1, -0.05) is 18.2 Å². The summed E-state index contributed by atoms with van der Waals surface area (Å²) in [5, 5.41) is 9.09. The lowest BCUT2D eigenvalue weighted by molar-refractivity contribution is -0.151. The summed E-state index contributed by atoms with van der Waals surface area (Å²) >= 11 is 0. The van der Waals surface area contributed by atoms with Crippen LogP contribution in [0.25, 0.3) is 0 Å². The van der Waals surface area contributed by atoms with Crippen LogP contribution < -0.4 is 4.90 Å². The van der Waals surface area contributed by atoms with Crippen molar-refractivity contribution >= 4 is 11.7 Å². The number of hydrogen-bond acceptors (Lipinski definition) is 2. The first-order valence-electron chi connectivity index (χ1n) is 5.77. The van der Waals surface area contributed by atoms with Crippen LogP contribution in [-0.2, 0) is 4.79 Å². The lowest BCUT2D eigenvalue weighted by Gasteiger charge is -2.38. The minimum Gasteiger partial charge on any atom is -0.481 e. The second-order valence-corrected chi connectivity index (χ2v) is 4.54. The fourth-order valence-corrected chi connectivity index (χ4v) is 2.24.